The SMILES string of the molecule is CC(C)CCC[C@H](C)[C@H]1CC[C@H]2[C@@H]3CC[C@H]4C[C@@H](OCCOC(N)=O)CC[C@]4(C)[C@H]3CC[C@]12C. The lowest BCUT2D eigenvalue weighted by Gasteiger charge is -2.61. The lowest BCUT2D eigenvalue weighted by molar-refractivity contribution is -0.138. The number of amides is 1. The highest BCUT2D eigenvalue weighted by Gasteiger charge is 2.60. The first-order valence-corrected chi connectivity index (χ1v) is 14.7. The number of ether oxygens (including phenoxy) is 2. The monoisotopic (exact) mass is 475 g/mol. The first-order chi connectivity index (χ1) is 16.1. The zero-order chi connectivity index (χ0) is 24.5. The molecule has 4 fully saturated rings. The zero-order valence-electron chi connectivity index (χ0n) is 22.8. The average molecular weight is 476 g/mol. The van der Waals surface area contributed by atoms with Crippen molar-refractivity contribution in [2.45, 2.75) is 118 Å². The largest absolute Gasteiger partial charge is 0.447 e. The summed E-state index contributed by atoms with van der Waals surface area (Å²) in [7, 11) is 0. The highest BCUT2D eigenvalue weighted by molar-refractivity contribution is 5.64. The fraction of sp³-hybridized carbons (Fsp3) is 0.967. The van der Waals surface area contributed by atoms with Gasteiger partial charge in [0.15, 0.2) is 0 Å². The molecule has 0 bridgehead atoms. The molecule has 4 saturated carbocycles. The van der Waals surface area contributed by atoms with Gasteiger partial charge in [-0.1, -0.05) is 53.9 Å². The first kappa shape index (κ1) is 26.3. The molecule has 0 aliphatic heterocycles. The summed E-state index contributed by atoms with van der Waals surface area (Å²) >= 11 is 0. The minimum Gasteiger partial charge on any atom is -0.447 e. The number of hydrogen-bond acceptors (Lipinski definition) is 3. The van der Waals surface area contributed by atoms with Gasteiger partial charge in [-0.2, -0.15) is 0 Å². The van der Waals surface area contributed by atoms with Crippen molar-refractivity contribution in [2.75, 3.05) is 13.2 Å². The lowest BCUT2D eigenvalue weighted by Crippen LogP contribution is -2.54. The number of hydrogen-bond donors (Lipinski definition) is 1. The number of carbonyl (C=O) groups is 1. The molecular formula is C30H53NO3. The van der Waals surface area contributed by atoms with Crippen LogP contribution in [-0.4, -0.2) is 25.4 Å². The molecule has 0 aromatic heterocycles. The Bertz CT molecular complexity index is 695. The van der Waals surface area contributed by atoms with Gasteiger partial charge >= 0.3 is 6.09 Å². The van der Waals surface area contributed by atoms with Crippen LogP contribution in [0.3, 0.4) is 0 Å². The zero-order valence-corrected chi connectivity index (χ0v) is 22.8. The van der Waals surface area contributed by atoms with Crippen LogP contribution in [0.15, 0.2) is 0 Å². The molecule has 0 saturated heterocycles. The number of carbonyl (C=O) groups excluding carboxylic acids is 1. The summed E-state index contributed by atoms with van der Waals surface area (Å²) < 4.78 is 11.0. The van der Waals surface area contributed by atoms with Crippen molar-refractivity contribution in [3.8, 4) is 0 Å². The van der Waals surface area contributed by atoms with Crippen molar-refractivity contribution >= 4 is 6.09 Å². The van der Waals surface area contributed by atoms with Crippen LogP contribution in [0.5, 0.6) is 0 Å². The minimum absolute atomic E-state index is 0.274. The van der Waals surface area contributed by atoms with E-state index in [4.69, 9.17) is 15.2 Å². The first-order valence-electron chi connectivity index (χ1n) is 14.7. The van der Waals surface area contributed by atoms with Gasteiger partial charge in [-0.3, -0.25) is 0 Å². The number of fused-ring (bicyclic) bond motifs is 5. The quantitative estimate of drug-likeness (QED) is 0.349. The van der Waals surface area contributed by atoms with Gasteiger partial charge in [-0.05, 0) is 110 Å². The van der Waals surface area contributed by atoms with Crippen LogP contribution in [0.1, 0.15) is 112 Å². The third-order valence-electron chi connectivity index (χ3n) is 11.5. The standard InChI is InChI=1S/C30H53NO3/c1-20(2)7-6-8-21(3)25-11-12-26-24-10-9-22-19-23(33-17-18-34-28(31)32)13-15-29(22,4)27(24)14-16-30(25,26)5/h20-27H,6-19H2,1-5H3,(H2,31,32)/t21-,22-,23-,24-,25+,26-,27-,29-,30+/m0/s1. The Morgan fingerprint density at radius 1 is 0.912 bits per heavy atom. The van der Waals surface area contributed by atoms with E-state index in [0.717, 1.165) is 47.8 Å². The van der Waals surface area contributed by atoms with Crippen LogP contribution in [0.4, 0.5) is 4.79 Å². The van der Waals surface area contributed by atoms with Gasteiger partial charge in [0, 0.05) is 0 Å². The smallest absolute Gasteiger partial charge is 0.404 e. The van der Waals surface area contributed by atoms with Crippen LogP contribution in [0, 0.1) is 52.3 Å². The van der Waals surface area contributed by atoms with E-state index in [1.807, 2.05) is 0 Å². The van der Waals surface area contributed by atoms with E-state index in [9.17, 15) is 4.79 Å². The fourth-order valence-corrected chi connectivity index (χ4v) is 9.75. The molecule has 4 rings (SSSR count). The van der Waals surface area contributed by atoms with E-state index in [1.165, 1.54) is 70.6 Å². The van der Waals surface area contributed by atoms with Gasteiger partial charge in [0.1, 0.15) is 6.61 Å². The van der Waals surface area contributed by atoms with Gasteiger partial charge in [-0.15, -0.1) is 0 Å². The van der Waals surface area contributed by atoms with Crippen LogP contribution in [0.2, 0.25) is 0 Å². The molecule has 0 spiro atoms. The summed E-state index contributed by atoms with van der Waals surface area (Å²) in [6.07, 6.45) is 16.2. The maximum absolute atomic E-state index is 10.8. The third kappa shape index (κ3) is 5.18. The third-order valence-corrected chi connectivity index (χ3v) is 11.5. The molecule has 0 aromatic rings. The maximum atomic E-state index is 10.8. The van der Waals surface area contributed by atoms with Crippen molar-refractivity contribution in [1.82, 2.24) is 0 Å². The van der Waals surface area contributed by atoms with Crippen molar-refractivity contribution in [1.29, 1.82) is 0 Å². The highest BCUT2D eigenvalue weighted by atomic mass is 16.6. The second-order valence-corrected chi connectivity index (χ2v) is 13.6. The maximum Gasteiger partial charge on any atom is 0.404 e. The molecule has 4 nitrogen and oxygen atoms in total. The Morgan fingerprint density at radius 2 is 1.65 bits per heavy atom. The van der Waals surface area contributed by atoms with Crippen LogP contribution < -0.4 is 5.73 Å². The fourth-order valence-electron chi connectivity index (χ4n) is 9.75. The second-order valence-electron chi connectivity index (χ2n) is 13.6. The molecule has 196 valence electrons. The summed E-state index contributed by atoms with van der Waals surface area (Å²) in [5.74, 6) is 6.30. The number of primary amides is 1. The van der Waals surface area contributed by atoms with Crippen molar-refractivity contribution in [3.05, 3.63) is 0 Å². The van der Waals surface area contributed by atoms with Crippen molar-refractivity contribution < 1.29 is 14.3 Å². The summed E-state index contributed by atoms with van der Waals surface area (Å²) in [5.41, 5.74) is 6.15. The second kappa shape index (κ2) is 10.7. The van der Waals surface area contributed by atoms with Gasteiger partial charge < -0.3 is 15.2 Å². The summed E-state index contributed by atoms with van der Waals surface area (Å²) in [4.78, 5) is 10.8. The summed E-state index contributed by atoms with van der Waals surface area (Å²) in [5, 5.41) is 0. The van der Waals surface area contributed by atoms with Crippen molar-refractivity contribution in [3.63, 3.8) is 0 Å². The molecule has 0 unspecified atom stereocenters. The minimum atomic E-state index is -0.707. The molecule has 4 aliphatic carbocycles. The Kier molecular flexibility index (Phi) is 8.27. The topological polar surface area (TPSA) is 61.6 Å². The Morgan fingerprint density at radius 3 is 2.38 bits per heavy atom. The molecular weight excluding hydrogens is 422 g/mol. The molecule has 9 atom stereocenters. The van der Waals surface area contributed by atoms with E-state index in [1.54, 1.807) is 0 Å². The van der Waals surface area contributed by atoms with Crippen LogP contribution >= 0.6 is 0 Å². The van der Waals surface area contributed by atoms with Gasteiger partial charge in [0.2, 0.25) is 0 Å². The predicted molar refractivity (Wildman–Crippen MR) is 138 cm³/mol. The van der Waals surface area contributed by atoms with Crippen LogP contribution in [-0.2, 0) is 9.47 Å². The molecule has 1 amide bonds. The molecule has 0 aromatic carbocycles. The molecule has 2 N–H and O–H groups in total. The van der Waals surface area contributed by atoms with E-state index < -0.39 is 6.09 Å². The number of nitrogens with two attached hydrogens (primary N) is 1. The van der Waals surface area contributed by atoms with E-state index in [2.05, 4.69) is 34.6 Å². The average Bonchev–Trinajstić information content (AvgIpc) is 3.13. The van der Waals surface area contributed by atoms with E-state index in [0.29, 0.717) is 23.5 Å². The normalized spacial score (nSPS) is 42.5. The molecule has 0 heterocycles. The predicted octanol–water partition coefficient (Wildman–Crippen LogP) is 7.59. The molecule has 4 aliphatic rings. The van der Waals surface area contributed by atoms with E-state index >= 15 is 0 Å². The van der Waals surface area contributed by atoms with Gasteiger partial charge in [0.25, 0.3) is 0 Å². The Labute approximate surface area is 209 Å². The highest BCUT2D eigenvalue weighted by Crippen LogP contribution is 2.68. The van der Waals surface area contributed by atoms with Crippen molar-refractivity contribution in [2.24, 2.45) is 58.0 Å². The Balaban J connectivity index is 1.35. The molecule has 34 heavy (non-hydrogen) atoms. The Hall–Kier alpha value is -0.770. The molecule has 4 heteroatoms. The summed E-state index contributed by atoms with van der Waals surface area (Å²) in [6, 6.07) is 0. The van der Waals surface area contributed by atoms with Gasteiger partial charge in [0.05, 0.1) is 12.7 Å². The molecule has 0 radical (unpaired) electrons. The van der Waals surface area contributed by atoms with E-state index in [-0.39, 0.29) is 6.61 Å². The lowest BCUT2D eigenvalue weighted by atomic mass is 9.44. The number of rotatable bonds is 9. The van der Waals surface area contributed by atoms with Crippen LogP contribution in [0.25, 0.3) is 0 Å². The van der Waals surface area contributed by atoms with Gasteiger partial charge in [-0.25, -0.2) is 4.79 Å². The summed E-state index contributed by atoms with van der Waals surface area (Å²) in [6.45, 7) is 13.4.